The number of benzene rings is 2. The number of nitrogens with zero attached hydrogens (tertiary/aromatic N) is 1. The van der Waals surface area contributed by atoms with Gasteiger partial charge in [0.15, 0.2) is 11.5 Å². The van der Waals surface area contributed by atoms with Crippen LogP contribution in [0, 0.1) is 15.9 Å². The van der Waals surface area contributed by atoms with Gasteiger partial charge in [0.1, 0.15) is 17.2 Å². The summed E-state index contributed by atoms with van der Waals surface area (Å²) < 4.78 is 24.6. The van der Waals surface area contributed by atoms with Crippen LogP contribution in [-0.2, 0) is 0 Å². The van der Waals surface area contributed by atoms with Gasteiger partial charge in [-0.25, -0.2) is 4.39 Å². The number of hydrogen-bond donors (Lipinski definition) is 0. The average molecular weight is 371 g/mol. The van der Waals surface area contributed by atoms with Crippen molar-refractivity contribution in [2.24, 2.45) is 0 Å². The Morgan fingerprint density at radius 1 is 1.26 bits per heavy atom. The molecule has 0 spiro atoms. The number of hydrogen-bond acceptors (Lipinski definition) is 5. The number of carbonyl (C=O) groups excluding carboxylic acids is 1. The Hall–Kier alpha value is -3.22. The fourth-order valence-electron chi connectivity index (χ4n) is 2.86. The van der Waals surface area contributed by atoms with Crippen molar-refractivity contribution in [1.82, 2.24) is 0 Å². The summed E-state index contributed by atoms with van der Waals surface area (Å²) in [5, 5.41) is 11.8. The van der Waals surface area contributed by atoms with Crippen molar-refractivity contribution in [2.45, 2.75) is 33.3 Å². The quantitative estimate of drug-likeness (QED) is 0.323. The smallest absolute Gasteiger partial charge is 0.314 e. The summed E-state index contributed by atoms with van der Waals surface area (Å²) in [5.41, 5.74) is 0.779. The summed E-state index contributed by atoms with van der Waals surface area (Å²) in [4.78, 5) is 23.4. The molecule has 0 unspecified atom stereocenters. The van der Waals surface area contributed by atoms with Gasteiger partial charge < -0.3 is 9.15 Å². The summed E-state index contributed by atoms with van der Waals surface area (Å²) >= 11 is 0. The van der Waals surface area contributed by atoms with Gasteiger partial charge in [-0.15, -0.1) is 0 Å². The van der Waals surface area contributed by atoms with E-state index in [0.29, 0.717) is 16.5 Å². The van der Waals surface area contributed by atoms with Crippen molar-refractivity contribution < 1.29 is 23.3 Å². The Bertz CT molecular complexity index is 1020. The van der Waals surface area contributed by atoms with Gasteiger partial charge in [0.2, 0.25) is 0 Å². The van der Waals surface area contributed by atoms with Crippen molar-refractivity contribution in [3.63, 3.8) is 0 Å². The molecular weight excluding hydrogens is 353 g/mol. The van der Waals surface area contributed by atoms with Crippen LogP contribution in [0.3, 0.4) is 0 Å². The lowest BCUT2D eigenvalue weighted by Crippen LogP contribution is -2.07. The molecule has 7 heteroatoms. The zero-order valence-electron chi connectivity index (χ0n) is 15.1. The topological polar surface area (TPSA) is 82.6 Å². The molecular formula is C20H18FNO5. The molecule has 1 aromatic heterocycles. The Kier molecular flexibility index (Phi) is 4.94. The summed E-state index contributed by atoms with van der Waals surface area (Å²) in [6.45, 7) is 5.23. The second kappa shape index (κ2) is 7.19. The number of Topliss-reactive ketones (excluding diaryl/α,β-unsaturated/α-hetero) is 1. The van der Waals surface area contributed by atoms with Crippen LogP contribution >= 0.6 is 0 Å². The van der Waals surface area contributed by atoms with E-state index in [4.69, 9.17) is 9.15 Å². The predicted molar refractivity (Wildman–Crippen MR) is 98.6 cm³/mol. The van der Waals surface area contributed by atoms with Crippen molar-refractivity contribution >= 4 is 22.4 Å². The van der Waals surface area contributed by atoms with Crippen LogP contribution in [-0.4, -0.2) is 16.8 Å². The summed E-state index contributed by atoms with van der Waals surface area (Å²) in [6.07, 6.45) is -0.0600. The van der Waals surface area contributed by atoms with E-state index in [-0.39, 0.29) is 41.1 Å². The van der Waals surface area contributed by atoms with Crippen molar-refractivity contribution in [3.05, 3.63) is 57.9 Å². The molecule has 0 aliphatic rings. The predicted octanol–water partition coefficient (Wildman–Crippen LogP) is 5.53. The second-order valence-corrected chi connectivity index (χ2v) is 6.33. The molecule has 0 saturated carbocycles. The van der Waals surface area contributed by atoms with Crippen LogP contribution < -0.4 is 4.74 Å². The van der Waals surface area contributed by atoms with Gasteiger partial charge in [-0.1, -0.05) is 6.92 Å². The van der Waals surface area contributed by atoms with E-state index in [1.165, 1.54) is 36.4 Å². The number of ketones is 1. The monoisotopic (exact) mass is 371 g/mol. The second-order valence-electron chi connectivity index (χ2n) is 6.33. The number of halogens is 1. The highest BCUT2D eigenvalue weighted by Crippen LogP contribution is 2.40. The normalized spacial score (nSPS) is 11.1. The third-order valence-corrected chi connectivity index (χ3v) is 4.04. The van der Waals surface area contributed by atoms with Crippen LogP contribution in [0.15, 0.2) is 40.8 Å². The highest BCUT2D eigenvalue weighted by molar-refractivity contribution is 6.12. The molecule has 140 valence electrons. The fourth-order valence-corrected chi connectivity index (χ4v) is 2.86. The molecule has 0 bridgehead atoms. The van der Waals surface area contributed by atoms with E-state index in [2.05, 4.69) is 0 Å². The first kappa shape index (κ1) is 18.6. The maximum absolute atomic E-state index is 13.3. The van der Waals surface area contributed by atoms with Crippen LogP contribution in [0.2, 0.25) is 0 Å². The third kappa shape index (κ3) is 3.53. The van der Waals surface area contributed by atoms with Crippen LogP contribution in [0.5, 0.6) is 5.75 Å². The number of nitro groups is 1. The molecule has 0 aliphatic carbocycles. The minimum absolute atomic E-state index is 0.0686. The lowest BCUT2D eigenvalue weighted by molar-refractivity contribution is -0.385. The Morgan fingerprint density at radius 2 is 1.93 bits per heavy atom. The maximum Gasteiger partial charge on any atom is 0.314 e. The highest BCUT2D eigenvalue weighted by atomic mass is 19.1. The van der Waals surface area contributed by atoms with Gasteiger partial charge in [0, 0.05) is 17.4 Å². The van der Waals surface area contributed by atoms with Crippen LogP contribution in [0.25, 0.3) is 22.3 Å². The van der Waals surface area contributed by atoms with Gasteiger partial charge in [-0.2, -0.15) is 0 Å². The minimum atomic E-state index is -0.557. The van der Waals surface area contributed by atoms with Crippen LogP contribution in [0.1, 0.15) is 37.6 Å². The Morgan fingerprint density at radius 3 is 2.48 bits per heavy atom. The van der Waals surface area contributed by atoms with E-state index in [0.717, 1.165) is 0 Å². The average Bonchev–Trinajstić information content (AvgIpc) is 2.98. The number of ether oxygens (including phenoxy) is 1. The first-order valence-corrected chi connectivity index (χ1v) is 8.52. The molecule has 0 amide bonds. The number of rotatable bonds is 6. The number of carbonyl (C=O) groups is 1. The first-order chi connectivity index (χ1) is 12.8. The van der Waals surface area contributed by atoms with E-state index < -0.39 is 10.7 Å². The van der Waals surface area contributed by atoms with E-state index >= 15 is 0 Å². The number of furan rings is 1. The van der Waals surface area contributed by atoms with Crippen molar-refractivity contribution in [3.8, 4) is 17.1 Å². The molecule has 3 rings (SSSR count). The van der Waals surface area contributed by atoms with Gasteiger partial charge in [-0.3, -0.25) is 14.9 Å². The van der Waals surface area contributed by atoms with E-state index in [1.54, 1.807) is 20.8 Å². The first-order valence-electron chi connectivity index (χ1n) is 8.52. The Labute approximate surface area is 154 Å². The molecule has 27 heavy (non-hydrogen) atoms. The van der Waals surface area contributed by atoms with Gasteiger partial charge in [-0.05, 0) is 44.2 Å². The van der Waals surface area contributed by atoms with Crippen molar-refractivity contribution in [2.75, 3.05) is 0 Å². The van der Waals surface area contributed by atoms with Crippen LogP contribution in [0.4, 0.5) is 10.1 Å². The molecule has 6 nitrogen and oxygen atoms in total. The van der Waals surface area contributed by atoms with Gasteiger partial charge >= 0.3 is 5.69 Å². The van der Waals surface area contributed by atoms with Gasteiger partial charge in [0.25, 0.3) is 0 Å². The van der Waals surface area contributed by atoms with E-state index in [1.807, 2.05) is 0 Å². The fraction of sp³-hybridized carbons (Fsp3) is 0.250. The zero-order valence-corrected chi connectivity index (χ0v) is 15.1. The molecule has 0 atom stereocenters. The largest absolute Gasteiger partial charge is 0.484 e. The summed E-state index contributed by atoms with van der Waals surface area (Å²) in [6, 6.07) is 8.25. The van der Waals surface area contributed by atoms with Gasteiger partial charge in [0.05, 0.1) is 22.7 Å². The number of nitro benzene ring substituents is 1. The molecule has 3 aromatic rings. The summed E-state index contributed by atoms with van der Waals surface area (Å²) in [7, 11) is 0. The van der Waals surface area contributed by atoms with E-state index in [9.17, 15) is 19.3 Å². The highest BCUT2D eigenvalue weighted by Gasteiger charge is 2.26. The SMILES string of the molecule is CCC(=O)c1c(-c2ccc(F)cc2)oc2cc([N+](=O)[O-])c(OC(C)C)cc12. The number of fused-ring (bicyclic) bond motifs is 1. The minimum Gasteiger partial charge on any atom is -0.484 e. The molecule has 2 aromatic carbocycles. The van der Waals surface area contributed by atoms with Crippen molar-refractivity contribution in [1.29, 1.82) is 0 Å². The maximum atomic E-state index is 13.3. The Balaban J connectivity index is 2.32. The standard InChI is InChI=1S/C20H18FNO5/c1-4-16(23)19-14-9-18(26-11(2)3)15(22(24)25)10-17(14)27-20(19)12-5-7-13(21)8-6-12/h5-11H,4H2,1-3H3. The summed E-state index contributed by atoms with van der Waals surface area (Å²) in [5.74, 6) is -0.272. The molecule has 0 fully saturated rings. The molecule has 0 saturated heterocycles. The molecule has 0 radical (unpaired) electrons. The molecule has 0 N–H and O–H groups in total. The molecule has 0 aliphatic heterocycles. The molecule has 1 heterocycles. The lowest BCUT2D eigenvalue weighted by Gasteiger charge is -2.10. The third-order valence-electron chi connectivity index (χ3n) is 4.04. The zero-order chi connectivity index (χ0) is 19.7. The lowest BCUT2D eigenvalue weighted by atomic mass is 10.0.